The van der Waals surface area contributed by atoms with Gasteiger partial charge in [-0.15, -0.1) is 0 Å². The molecule has 2 N–H and O–H groups in total. The standard InChI is InChI=1S/C15H26N4/c1-9(2)14-17-13(16)11(5)15(18-14)19(10(3)4)8-12-6-7-12/h9-10,12H,6-8H2,1-5H3,(H2,16,17,18). The molecule has 0 radical (unpaired) electrons. The van der Waals surface area contributed by atoms with Crippen molar-refractivity contribution in [2.75, 3.05) is 17.2 Å². The molecule has 1 aromatic rings. The summed E-state index contributed by atoms with van der Waals surface area (Å²) in [5.74, 6) is 3.63. The number of rotatable bonds is 5. The number of hydrogen-bond acceptors (Lipinski definition) is 4. The first-order valence-corrected chi connectivity index (χ1v) is 7.30. The highest BCUT2D eigenvalue weighted by Crippen LogP contribution is 2.33. The molecule has 0 unspecified atom stereocenters. The number of nitrogens with two attached hydrogens (primary N) is 1. The van der Waals surface area contributed by atoms with Gasteiger partial charge in [-0.25, -0.2) is 9.97 Å². The van der Waals surface area contributed by atoms with E-state index in [1.54, 1.807) is 0 Å². The van der Waals surface area contributed by atoms with Crippen LogP contribution < -0.4 is 10.6 Å². The summed E-state index contributed by atoms with van der Waals surface area (Å²) in [5.41, 5.74) is 7.08. The number of anilines is 2. The molecular formula is C15H26N4. The normalized spacial score (nSPS) is 15.3. The molecule has 19 heavy (non-hydrogen) atoms. The zero-order valence-electron chi connectivity index (χ0n) is 12.8. The fourth-order valence-corrected chi connectivity index (χ4v) is 2.20. The number of nitrogen functional groups attached to an aromatic ring is 1. The predicted molar refractivity (Wildman–Crippen MR) is 80.5 cm³/mol. The molecule has 1 aliphatic carbocycles. The maximum Gasteiger partial charge on any atom is 0.137 e. The summed E-state index contributed by atoms with van der Waals surface area (Å²) in [6.07, 6.45) is 2.69. The molecule has 2 rings (SSSR count). The molecular weight excluding hydrogens is 236 g/mol. The smallest absolute Gasteiger partial charge is 0.137 e. The number of aromatic nitrogens is 2. The predicted octanol–water partition coefficient (Wildman–Crippen LogP) is 3.12. The van der Waals surface area contributed by atoms with Crippen LogP contribution in [0.5, 0.6) is 0 Å². The van der Waals surface area contributed by atoms with Gasteiger partial charge in [0.2, 0.25) is 0 Å². The molecule has 0 spiro atoms. The minimum atomic E-state index is 0.302. The third-order valence-electron chi connectivity index (χ3n) is 3.74. The summed E-state index contributed by atoms with van der Waals surface area (Å²) in [6.45, 7) is 11.8. The third-order valence-corrected chi connectivity index (χ3v) is 3.74. The largest absolute Gasteiger partial charge is 0.383 e. The average Bonchev–Trinajstić information content (AvgIpc) is 3.13. The van der Waals surface area contributed by atoms with Gasteiger partial charge in [-0.2, -0.15) is 0 Å². The molecule has 1 aliphatic rings. The van der Waals surface area contributed by atoms with Crippen molar-refractivity contribution < 1.29 is 0 Å². The van der Waals surface area contributed by atoms with Crippen molar-refractivity contribution in [3.05, 3.63) is 11.4 Å². The highest BCUT2D eigenvalue weighted by atomic mass is 15.2. The first-order chi connectivity index (χ1) is 8.90. The fraction of sp³-hybridized carbons (Fsp3) is 0.733. The van der Waals surface area contributed by atoms with Crippen LogP contribution in [0.25, 0.3) is 0 Å². The van der Waals surface area contributed by atoms with Crippen LogP contribution in [0, 0.1) is 12.8 Å². The Labute approximate surface area is 116 Å². The number of hydrogen-bond donors (Lipinski definition) is 1. The van der Waals surface area contributed by atoms with Gasteiger partial charge in [0.15, 0.2) is 0 Å². The van der Waals surface area contributed by atoms with Gasteiger partial charge in [-0.05, 0) is 39.5 Å². The van der Waals surface area contributed by atoms with Gasteiger partial charge in [0.1, 0.15) is 17.5 Å². The van der Waals surface area contributed by atoms with Gasteiger partial charge in [0, 0.05) is 24.1 Å². The van der Waals surface area contributed by atoms with Crippen molar-refractivity contribution in [2.45, 2.75) is 59.4 Å². The van der Waals surface area contributed by atoms with E-state index in [0.29, 0.717) is 17.8 Å². The van der Waals surface area contributed by atoms with Crippen LogP contribution in [0.1, 0.15) is 57.8 Å². The molecule has 0 aromatic carbocycles. The Morgan fingerprint density at radius 1 is 1.21 bits per heavy atom. The lowest BCUT2D eigenvalue weighted by atomic mass is 10.1. The van der Waals surface area contributed by atoms with Gasteiger partial charge >= 0.3 is 0 Å². The van der Waals surface area contributed by atoms with Gasteiger partial charge in [0.25, 0.3) is 0 Å². The number of nitrogens with zero attached hydrogens (tertiary/aromatic N) is 3. The second kappa shape index (κ2) is 5.35. The lowest BCUT2D eigenvalue weighted by molar-refractivity contribution is 0.628. The molecule has 0 bridgehead atoms. The molecule has 4 nitrogen and oxygen atoms in total. The Bertz CT molecular complexity index is 450. The maximum atomic E-state index is 6.07. The first-order valence-electron chi connectivity index (χ1n) is 7.30. The third kappa shape index (κ3) is 3.17. The SMILES string of the molecule is Cc1c(N)nc(C(C)C)nc1N(CC1CC1)C(C)C. The van der Waals surface area contributed by atoms with E-state index in [-0.39, 0.29) is 0 Å². The van der Waals surface area contributed by atoms with Gasteiger partial charge < -0.3 is 10.6 Å². The Kier molecular flexibility index (Phi) is 3.97. The summed E-state index contributed by atoms with van der Waals surface area (Å²) < 4.78 is 0. The minimum Gasteiger partial charge on any atom is -0.383 e. The van der Waals surface area contributed by atoms with E-state index >= 15 is 0 Å². The van der Waals surface area contributed by atoms with Crippen LogP contribution in [0.2, 0.25) is 0 Å². The van der Waals surface area contributed by atoms with Gasteiger partial charge in [-0.3, -0.25) is 0 Å². The molecule has 1 saturated carbocycles. The highest BCUT2D eigenvalue weighted by Gasteiger charge is 2.28. The molecule has 0 atom stereocenters. The average molecular weight is 262 g/mol. The van der Waals surface area contributed by atoms with Gasteiger partial charge in [0.05, 0.1) is 0 Å². The van der Waals surface area contributed by atoms with E-state index in [2.05, 4.69) is 37.6 Å². The van der Waals surface area contributed by atoms with Crippen molar-refractivity contribution in [3.8, 4) is 0 Å². The van der Waals surface area contributed by atoms with E-state index in [1.807, 2.05) is 6.92 Å². The molecule has 1 heterocycles. The molecule has 1 aromatic heterocycles. The zero-order chi connectivity index (χ0) is 14.2. The Morgan fingerprint density at radius 3 is 2.32 bits per heavy atom. The van der Waals surface area contributed by atoms with Crippen molar-refractivity contribution in [1.29, 1.82) is 0 Å². The van der Waals surface area contributed by atoms with Crippen LogP contribution >= 0.6 is 0 Å². The summed E-state index contributed by atoms with van der Waals surface area (Å²) in [4.78, 5) is 11.6. The Morgan fingerprint density at radius 2 is 1.84 bits per heavy atom. The zero-order valence-corrected chi connectivity index (χ0v) is 12.8. The lowest BCUT2D eigenvalue weighted by Crippen LogP contribution is -2.34. The Balaban J connectivity index is 2.38. The van der Waals surface area contributed by atoms with Crippen LogP contribution in [0.15, 0.2) is 0 Å². The van der Waals surface area contributed by atoms with Crippen LogP contribution in [0.3, 0.4) is 0 Å². The van der Waals surface area contributed by atoms with Crippen LogP contribution in [-0.4, -0.2) is 22.6 Å². The van der Waals surface area contributed by atoms with Crippen LogP contribution in [-0.2, 0) is 0 Å². The fourth-order valence-electron chi connectivity index (χ4n) is 2.20. The summed E-state index contributed by atoms with van der Waals surface area (Å²) in [7, 11) is 0. The van der Waals surface area contributed by atoms with Crippen LogP contribution in [0.4, 0.5) is 11.6 Å². The quantitative estimate of drug-likeness (QED) is 0.886. The molecule has 1 fully saturated rings. The topological polar surface area (TPSA) is 55.0 Å². The molecule has 4 heteroatoms. The maximum absolute atomic E-state index is 6.07. The molecule has 0 saturated heterocycles. The summed E-state index contributed by atoms with van der Waals surface area (Å²) in [5, 5.41) is 0. The minimum absolute atomic E-state index is 0.302. The monoisotopic (exact) mass is 262 g/mol. The second-order valence-electron chi connectivity index (χ2n) is 6.26. The highest BCUT2D eigenvalue weighted by molar-refractivity contribution is 5.57. The van der Waals surface area contributed by atoms with Crippen molar-refractivity contribution in [3.63, 3.8) is 0 Å². The summed E-state index contributed by atoms with van der Waals surface area (Å²) in [6, 6.07) is 0.439. The molecule has 0 aliphatic heterocycles. The van der Waals surface area contributed by atoms with Crippen molar-refractivity contribution in [1.82, 2.24) is 9.97 Å². The van der Waals surface area contributed by atoms with E-state index in [9.17, 15) is 0 Å². The van der Waals surface area contributed by atoms with Crippen molar-refractivity contribution >= 4 is 11.6 Å². The van der Waals surface area contributed by atoms with Crippen molar-refractivity contribution in [2.24, 2.45) is 5.92 Å². The van der Waals surface area contributed by atoms with E-state index < -0.39 is 0 Å². The second-order valence-corrected chi connectivity index (χ2v) is 6.26. The lowest BCUT2D eigenvalue weighted by Gasteiger charge is -2.30. The van der Waals surface area contributed by atoms with Gasteiger partial charge in [-0.1, -0.05) is 13.8 Å². The Hall–Kier alpha value is -1.32. The molecule has 0 amide bonds. The molecule has 106 valence electrons. The summed E-state index contributed by atoms with van der Waals surface area (Å²) >= 11 is 0. The first kappa shape index (κ1) is 14.1. The van der Waals surface area contributed by atoms with E-state index in [0.717, 1.165) is 29.7 Å². The van der Waals surface area contributed by atoms with E-state index in [4.69, 9.17) is 10.7 Å². The van der Waals surface area contributed by atoms with E-state index in [1.165, 1.54) is 12.8 Å².